The highest BCUT2D eigenvalue weighted by Crippen LogP contribution is 2.08. The highest BCUT2D eigenvalue weighted by atomic mass is 16.6. The van der Waals surface area contributed by atoms with Crippen LogP contribution < -0.4 is 33.2 Å². The number of carbonyl (C=O) groups excluding carboxylic acids is 5. The first-order valence-corrected chi connectivity index (χ1v) is 13.6. The molecule has 0 aliphatic carbocycles. The quantitative estimate of drug-likeness (QED) is 0.155. The molecule has 252 valence electrons. The molecular weight excluding hydrogens is 572 g/mol. The van der Waals surface area contributed by atoms with Crippen LogP contribution in [0.2, 0.25) is 0 Å². The molecule has 0 radical (unpaired) electrons. The van der Waals surface area contributed by atoms with Gasteiger partial charge in [0, 0.05) is 25.5 Å². The van der Waals surface area contributed by atoms with Crippen LogP contribution in [-0.2, 0) is 30.4 Å². The Kier molecular flexibility index (Phi) is 13.0. The molecule has 0 unspecified atom stereocenters. The minimum Gasteiger partial charge on any atom is -0.445 e. The molecule has 9 N–H and O–H groups in total. The summed E-state index contributed by atoms with van der Waals surface area (Å²) in [6.07, 6.45) is -14.3. The lowest BCUT2D eigenvalue weighted by Gasteiger charge is -2.19. The Hall–Kier alpha value is -4.07. The summed E-state index contributed by atoms with van der Waals surface area (Å²) in [5.41, 5.74) is 14.7. The van der Waals surface area contributed by atoms with Crippen LogP contribution >= 0.6 is 0 Å². The van der Waals surface area contributed by atoms with Crippen LogP contribution in [0.3, 0.4) is 0 Å². The molecule has 0 saturated carbocycles. The Labute approximate surface area is 273 Å². The number of nitrogens with two attached hydrogens (primary N) is 3. The SMILES string of the molecule is [2H]C([2H])(CNC(=O)OC(C)(C)C)C([2H])([2H])C[C@H](N)C(N)=O.[2H]C([2H])(CNC(=O)OC(C)(C)C)C([2H])([2H])C[C@H](NC(=O)OCc1ccccc1)C(N)=O.[HH]. The third-order valence-electron chi connectivity index (χ3n) is 4.53. The van der Waals surface area contributed by atoms with Crippen molar-refractivity contribution < 1.29 is 50.6 Å². The molecule has 44 heavy (non-hydrogen) atoms. The van der Waals surface area contributed by atoms with E-state index in [4.69, 9.17) is 42.4 Å². The second kappa shape index (κ2) is 20.8. The van der Waals surface area contributed by atoms with Gasteiger partial charge in [0.2, 0.25) is 11.8 Å². The van der Waals surface area contributed by atoms with Crippen LogP contribution in [-0.4, -0.2) is 66.5 Å². The van der Waals surface area contributed by atoms with Crippen molar-refractivity contribution in [1.29, 1.82) is 0 Å². The summed E-state index contributed by atoms with van der Waals surface area (Å²) in [6.45, 7) is 8.39. The number of ether oxygens (including phenoxy) is 3. The maximum absolute atomic E-state index is 12.0. The van der Waals surface area contributed by atoms with Crippen molar-refractivity contribution in [3.63, 3.8) is 0 Å². The lowest BCUT2D eigenvalue weighted by molar-refractivity contribution is -0.120. The average molecular weight is 635 g/mol. The molecule has 5 amide bonds. The van der Waals surface area contributed by atoms with Crippen molar-refractivity contribution in [2.45, 2.75) is 110 Å². The van der Waals surface area contributed by atoms with Gasteiger partial charge in [-0.25, -0.2) is 14.4 Å². The summed E-state index contributed by atoms with van der Waals surface area (Å²) in [5, 5.41) is 6.47. The van der Waals surface area contributed by atoms with E-state index in [-0.39, 0.29) is 8.03 Å². The molecule has 1 aromatic rings. The van der Waals surface area contributed by atoms with E-state index in [9.17, 15) is 24.0 Å². The lowest BCUT2D eigenvalue weighted by Crippen LogP contribution is -2.44. The van der Waals surface area contributed by atoms with Crippen molar-refractivity contribution in [1.82, 2.24) is 16.0 Å². The zero-order valence-electron chi connectivity index (χ0n) is 34.1. The topological polar surface area (TPSA) is 227 Å². The van der Waals surface area contributed by atoms with Crippen LogP contribution in [0.5, 0.6) is 0 Å². The molecule has 0 spiro atoms. The molecule has 2 atom stereocenters. The van der Waals surface area contributed by atoms with Crippen molar-refractivity contribution in [3.05, 3.63) is 35.9 Å². The van der Waals surface area contributed by atoms with Gasteiger partial charge in [-0.05, 0) is 85.4 Å². The summed E-state index contributed by atoms with van der Waals surface area (Å²) in [4.78, 5) is 57.7. The number of hydrogen-bond donors (Lipinski definition) is 6. The van der Waals surface area contributed by atoms with Gasteiger partial charge in [0.25, 0.3) is 0 Å². The normalized spacial score (nSPS) is 16.3. The Bertz CT molecular complexity index is 1360. The van der Waals surface area contributed by atoms with Gasteiger partial charge in [0.15, 0.2) is 0 Å². The highest BCUT2D eigenvalue weighted by molar-refractivity contribution is 5.84. The molecule has 0 saturated heterocycles. The molecule has 0 aliphatic heterocycles. The number of nitrogens with one attached hydrogen (secondary N) is 3. The molecular formula is C30H54N6O8. The maximum Gasteiger partial charge on any atom is 0.408 e. The first-order valence-electron chi connectivity index (χ1n) is 17.6. The fourth-order valence-corrected chi connectivity index (χ4v) is 2.57. The zero-order valence-corrected chi connectivity index (χ0v) is 26.1. The maximum atomic E-state index is 12.0. The standard InChI is InChI=1S/C19H29N3O5.C11H23N3O3.H2/c1-19(2,3)27-17(24)21-12-8-7-11-15(16(20)23)22-18(25)26-13-14-9-5-4-6-10-14;1-11(2,3)17-10(16)14-7-5-4-6-8(12)9(13)15;/h4-6,9-10,15H,7-8,11-13H2,1-3H3,(H2,20,23)(H,21,24)(H,22,25);8H,4-7,12H2,1-3H3,(H2,13,15)(H,14,16);1H/t15-;8-;/m00./s1/i7D2,8D2;4D2,5D2;. The van der Waals surface area contributed by atoms with Crippen LogP contribution in [0.4, 0.5) is 14.4 Å². The summed E-state index contributed by atoms with van der Waals surface area (Å²) >= 11 is 0. The number of amides is 5. The number of alkyl carbamates (subject to hydrolysis) is 3. The van der Waals surface area contributed by atoms with Gasteiger partial charge in [-0.3, -0.25) is 9.59 Å². The van der Waals surface area contributed by atoms with Crippen molar-refractivity contribution in [2.24, 2.45) is 17.2 Å². The van der Waals surface area contributed by atoms with E-state index in [1.807, 2.05) is 0 Å². The summed E-state index contributed by atoms with van der Waals surface area (Å²) in [5.74, 6) is -1.98. The average Bonchev–Trinajstić information content (AvgIpc) is 2.96. The van der Waals surface area contributed by atoms with Gasteiger partial charge in [0.05, 0.1) is 6.04 Å². The van der Waals surface area contributed by atoms with Crippen molar-refractivity contribution >= 4 is 30.1 Å². The van der Waals surface area contributed by atoms with Gasteiger partial charge in [-0.1, -0.05) is 30.3 Å². The van der Waals surface area contributed by atoms with E-state index in [2.05, 4.69) is 16.0 Å². The predicted octanol–water partition coefficient (Wildman–Crippen LogP) is 3.20. The van der Waals surface area contributed by atoms with Gasteiger partial charge < -0.3 is 47.4 Å². The molecule has 0 heterocycles. The first kappa shape index (κ1) is 27.5. The number of hydrogen-bond acceptors (Lipinski definition) is 9. The highest BCUT2D eigenvalue weighted by Gasteiger charge is 2.19. The number of primary amides is 2. The summed E-state index contributed by atoms with van der Waals surface area (Å²) < 4.78 is 77.8. The third-order valence-corrected chi connectivity index (χ3v) is 4.53. The summed E-state index contributed by atoms with van der Waals surface area (Å²) in [6, 6.07) is 5.91. The second-order valence-electron chi connectivity index (χ2n) is 11.0. The van der Waals surface area contributed by atoms with Crippen LogP contribution in [0.25, 0.3) is 0 Å². The predicted molar refractivity (Wildman–Crippen MR) is 168 cm³/mol. The zero-order chi connectivity index (χ0) is 40.9. The Morgan fingerprint density at radius 3 is 1.68 bits per heavy atom. The fourth-order valence-electron chi connectivity index (χ4n) is 2.57. The number of benzene rings is 1. The minimum atomic E-state index is -2.64. The van der Waals surface area contributed by atoms with Crippen LogP contribution in [0, 0.1) is 0 Å². The monoisotopic (exact) mass is 634 g/mol. The second-order valence-corrected chi connectivity index (χ2v) is 11.0. The molecule has 0 aromatic heterocycles. The molecule has 0 bridgehead atoms. The summed E-state index contributed by atoms with van der Waals surface area (Å²) in [7, 11) is 0. The van der Waals surface area contributed by atoms with E-state index in [0.717, 1.165) is 0 Å². The lowest BCUT2D eigenvalue weighted by atomic mass is 10.1. The smallest absolute Gasteiger partial charge is 0.408 e. The molecule has 1 aromatic carbocycles. The van der Waals surface area contributed by atoms with Gasteiger partial charge >= 0.3 is 18.3 Å². The molecule has 14 nitrogen and oxygen atoms in total. The fraction of sp³-hybridized carbons (Fsp3) is 0.633. The van der Waals surface area contributed by atoms with Crippen LogP contribution in [0.1, 0.15) is 97.8 Å². The molecule has 1 rings (SSSR count). The van der Waals surface area contributed by atoms with Gasteiger partial charge in [-0.15, -0.1) is 0 Å². The largest absolute Gasteiger partial charge is 0.445 e. The van der Waals surface area contributed by atoms with Crippen LogP contribution in [0.15, 0.2) is 30.3 Å². The van der Waals surface area contributed by atoms with E-state index in [0.29, 0.717) is 5.56 Å². The molecule has 0 fully saturated rings. The minimum absolute atomic E-state index is 0. The van der Waals surface area contributed by atoms with E-state index in [1.165, 1.54) is 0 Å². The Balaban J connectivity index is 0. The van der Waals surface area contributed by atoms with E-state index < -0.39 is 105 Å². The molecule has 0 aliphatic rings. The first-order chi connectivity index (χ1) is 23.3. The van der Waals surface area contributed by atoms with Crippen molar-refractivity contribution in [3.8, 4) is 0 Å². The molecule has 14 heteroatoms. The van der Waals surface area contributed by atoms with E-state index in [1.54, 1.807) is 71.9 Å². The van der Waals surface area contributed by atoms with Crippen molar-refractivity contribution in [2.75, 3.05) is 13.1 Å². The Morgan fingerprint density at radius 2 is 1.25 bits per heavy atom. The number of rotatable bonds is 15. The van der Waals surface area contributed by atoms with Gasteiger partial charge in [0.1, 0.15) is 23.9 Å². The van der Waals surface area contributed by atoms with E-state index >= 15 is 0 Å². The Morgan fingerprint density at radius 1 is 0.773 bits per heavy atom. The van der Waals surface area contributed by atoms with Gasteiger partial charge in [-0.2, -0.15) is 0 Å². The third kappa shape index (κ3) is 23.5. The number of carbonyl (C=O) groups is 5.